The van der Waals surface area contributed by atoms with E-state index in [1.54, 1.807) is 11.3 Å². The maximum Gasteiger partial charge on any atom is 0.254 e. The fourth-order valence-corrected chi connectivity index (χ4v) is 1.88. The number of ether oxygens (including phenoxy) is 1. The summed E-state index contributed by atoms with van der Waals surface area (Å²) in [5, 5.41) is 9.73. The Bertz CT molecular complexity index is 294. The summed E-state index contributed by atoms with van der Waals surface area (Å²) in [5.41, 5.74) is 0.842. The van der Waals surface area contributed by atoms with Gasteiger partial charge in [-0.05, 0) is 11.4 Å². The number of thiophene rings is 1. The van der Waals surface area contributed by atoms with Crippen LogP contribution < -0.4 is 10.6 Å². The van der Waals surface area contributed by atoms with E-state index in [2.05, 4.69) is 10.6 Å². The molecule has 1 saturated heterocycles. The summed E-state index contributed by atoms with van der Waals surface area (Å²) in [6, 6.07) is 1.87. The second kappa shape index (κ2) is 4.54. The van der Waals surface area contributed by atoms with E-state index in [4.69, 9.17) is 4.74 Å². The first-order chi connectivity index (χ1) is 6.86. The molecule has 2 rings (SSSR count). The number of carbonyl (C=O) groups excluding carboxylic acids is 1. The van der Waals surface area contributed by atoms with Crippen molar-refractivity contribution in [2.75, 3.05) is 25.0 Å². The lowest BCUT2D eigenvalue weighted by molar-refractivity contribution is -0.128. The predicted molar refractivity (Wildman–Crippen MR) is 55.6 cm³/mol. The van der Waals surface area contributed by atoms with Crippen LogP contribution in [-0.4, -0.2) is 31.7 Å². The maximum atomic E-state index is 11.6. The summed E-state index contributed by atoms with van der Waals surface area (Å²) in [4.78, 5) is 11.6. The fraction of sp³-hybridized carbons (Fsp3) is 0.444. The molecule has 1 atom stereocenters. The molecule has 4 nitrogen and oxygen atoms in total. The van der Waals surface area contributed by atoms with Crippen LogP contribution in [0.3, 0.4) is 0 Å². The van der Waals surface area contributed by atoms with Crippen LogP contribution in [0.5, 0.6) is 0 Å². The SMILES string of the molecule is O=C(Nc1ccsc1)[C@H]1CNCCO1. The summed E-state index contributed by atoms with van der Waals surface area (Å²) in [5.74, 6) is -0.0735. The quantitative estimate of drug-likeness (QED) is 0.757. The molecule has 0 saturated carbocycles. The van der Waals surface area contributed by atoms with E-state index >= 15 is 0 Å². The number of hydrogen-bond donors (Lipinski definition) is 2. The van der Waals surface area contributed by atoms with Crippen molar-refractivity contribution in [2.24, 2.45) is 0 Å². The van der Waals surface area contributed by atoms with Gasteiger partial charge in [0.1, 0.15) is 6.10 Å². The van der Waals surface area contributed by atoms with Crippen LogP contribution in [0.25, 0.3) is 0 Å². The van der Waals surface area contributed by atoms with E-state index in [0.717, 1.165) is 12.2 Å². The van der Waals surface area contributed by atoms with Gasteiger partial charge in [-0.25, -0.2) is 0 Å². The zero-order chi connectivity index (χ0) is 9.80. The first-order valence-electron chi connectivity index (χ1n) is 4.51. The lowest BCUT2D eigenvalue weighted by atomic mass is 10.3. The molecular weight excluding hydrogens is 200 g/mol. The highest BCUT2D eigenvalue weighted by atomic mass is 32.1. The third-order valence-corrected chi connectivity index (χ3v) is 2.69. The molecular formula is C9H12N2O2S. The van der Waals surface area contributed by atoms with Crippen molar-refractivity contribution in [3.05, 3.63) is 16.8 Å². The van der Waals surface area contributed by atoms with E-state index in [-0.39, 0.29) is 12.0 Å². The molecule has 2 heterocycles. The number of nitrogens with one attached hydrogen (secondary N) is 2. The number of morpholine rings is 1. The average molecular weight is 212 g/mol. The van der Waals surface area contributed by atoms with Crippen molar-refractivity contribution in [1.29, 1.82) is 0 Å². The van der Waals surface area contributed by atoms with Gasteiger partial charge < -0.3 is 15.4 Å². The molecule has 1 aromatic heterocycles. The summed E-state index contributed by atoms with van der Waals surface area (Å²) >= 11 is 1.56. The van der Waals surface area contributed by atoms with E-state index in [1.165, 1.54) is 0 Å². The van der Waals surface area contributed by atoms with Gasteiger partial charge in [-0.1, -0.05) is 0 Å². The second-order valence-electron chi connectivity index (χ2n) is 3.06. The van der Waals surface area contributed by atoms with E-state index in [1.807, 2.05) is 16.8 Å². The molecule has 1 aromatic rings. The van der Waals surface area contributed by atoms with E-state index in [0.29, 0.717) is 13.2 Å². The minimum absolute atomic E-state index is 0.0735. The molecule has 5 heteroatoms. The molecule has 1 amide bonds. The lowest BCUT2D eigenvalue weighted by Gasteiger charge is -2.22. The van der Waals surface area contributed by atoms with Gasteiger partial charge in [0.05, 0.1) is 12.3 Å². The van der Waals surface area contributed by atoms with Crippen LogP contribution in [0.4, 0.5) is 5.69 Å². The van der Waals surface area contributed by atoms with Gasteiger partial charge in [-0.3, -0.25) is 4.79 Å². The molecule has 0 spiro atoms. The van der Waals surface area contributed by atoms with Crippen molar-refractivity contribution in [1.82, 2.24) is 5.32 Å². The number of anilines is 1. The van der Waals surface area contributed by atoms with Crippen LogP contribution in [0.15, 0.2) is 16.8 Å². The van der Waals surface area contributed by atoms with E-state index in [9.17, 15) is 4.79 Å². The summed E-state index contributed by atoms with van der Waals surface area (Å²) in [7, 11) is 0. The van der Waals surface area contributed by atoms with Gasteiger partial charge in [0.2, 0.25) is 0 Å². The van der Waals surface area contributed by atoms with Crippen molar-refractivity contribution in [3.8, 4) is 0 Å². The Morgan fingerprint density at radius 2 is 2.64 bits per heavy atom. The molecule has 0 radical (unpaired) electrons. The first-order valence-corrected chi connectivity index (χ1v) is 5.46. The van der Waals surface area contributed by atoms with Crippen LogP contribution in [-0.2, 0) is 9.53 Å². The zero-order valence-electron chi connectivity index (χ0n) is 7.66. The minimum Gasteiger partial charge on any atom is -0.366 e. The largest absolute Gasteiger partial charge is 0.366 e. The van der Waals surface area contributed by atoms with Gasteiger partial charge in [-0.15, -0.1) is 0 Å². The predicted octanol–water partition coefficient (Wildman–Crippen LogP) is 0.675. The normalized spacial score (nSPS) is 21.9. The van der Waals surface area contributed by atoms with E-state index < -0.39 is 0 Å². The van der Waals surface area contributed by atoms with Crippen molar-refractivity contribution < 1.29 is 9.53 Å². The van der Waals surface area contributed by atoms with Gasteiger partial charge >= 0.3 is 0 Å². The molecule has 2 N–H and O–H groups in total. The zero-order valence-corrected chi connectivity index (χ0v) is 8.47. The molecule has 1 aliphatic rings. The topological polar surface area (TPSA) is 50.4 Å². The Kier molecular flexibility index (Phi) is 3.13. The Hall–Kier alpha value is -0.910. The second-order valence-corrected chi connectivity index (χ2v) is 3.84. The van der Waals surface area contributed by atoms with Crippen molar-refractivity contribution in [2.45, 2.75) is 6.10 Å². The summed E-state index contributed by atoms with van der Waals surface area (Å²) in [6.07, 6.45) is -0.358. The van der Waals surface area contributed by atoms with Crippen LogP contribution in [0.2, 0.25) is 0 Å². The smallest absolute Gasteiger partial charge is 0.254 e. The fourth-order valence-electron chi connectivity index (χ4n) is 1.29. The van der Waals surface area contributed by atoms with Crippen molar-refractivity contribution >= 4 is 22.9 Å². The van der Waals surface area contributed by atoms with Gasteiger partial charge in [0.15, 0.2) is 0 Å². The molecule has 0 aromatic carbocycles. The monoisotopic (exact) mass is 212 g/mol. The average Bonchev–Trinajstić information content (AvgIpc) is 2.72. The Labute approximate surface area is 86.3 Å². The van der Waals surface area contributed by atoms with Gasteiger partial charge in [0.25, 0.3) is 5.91 Å². The third kappa shape index (κ3) is 2.31. The molecule has 1 fully saturated rings. The highest BCUT2D eigenvalue weighted by Gasteiger charge is 2.21. The molecule has 76 valence electrons. The van der Waals surface area contributed by atoms with Crippen LogP contribution in [0.1, 0.15) is 0 Å². The summed E-state index contributed by atoms with van der Waals surface area (Å²) < 4.78 is 5.32. The van der Waals surface area contributed by atoms with Gasteiger partial charge in [0, 0.05) is 18.5 Å². The highest BCUT2D eigenvalue weighted by molar-refractivity contribution is 7.08. The summed E-state index contributed by atoms with van der Waals surface area (Å²) in [6.45, 7) is 2.01. The molecule has 0 bridgehead atoms. The standard InChI is InChI=1S/C9H12N2O2S/c12-9(8-5-10-2-3-13-8)11-7-1-4-14-6-7/h1,4,6,8,10H,2-3,5H2,(H,11,12)/t8-/m1/s1. The first kappa shape index (κ1) is 9.64. The number of amides is 1. The molecule has 14 heavy (non-hydrogen) atoms. The molecule has 0 aliphatic carbocycles. The highest BCUT2D eigenvalue weighted by Crippen LogP contribution is 2.12. The Balaban J connectivity index is 1.88. The molecule has 1 aliphatic heterocycles. The Morgan fingerprint density at radius 1 is 1.71 bits per heavy atom. The minimum atomic E-state index is -0.358. The van der Waals surface area contributed by atoms with Crippen LogP contribution >= 0.6 is 11.3 Å². The van der Waals surface area contributed by atoms with Crippen molar-refractivity contribution in [3.63, 3.8) is 0 Å². The number of rotatable bonds is 2. The Morgan fingerprint density at radius 3 is 3.29 bits per heavy atom. The number of hydrogen-bond acceptors (Lipinski definition) is 4. The van der Waals surface area contributed by atoms with Crippen LogP contribution in [0, 0.1) is 0 Å². The third-order valence-electron chi connectivity index (χ3n) is 2.01. The number of carbonyl (C=O) groups is 1. The molecule has 0 unspecified atom stereocenters. The van der Waals surface area contributed by atoms with Gasteiger partial charge in [-0.2, -0.15) is 11.3 Å². The lowest BCUT2D eigenvalue weighted by Crippen LogP contribution is -2.45. The maximum absolute atomic E-state index is 11.6.